The van der Waals surface area contributed by atoms with E-state index in [9.17, 15) is 0 Å². The number of hydrogen-bond donors (Lipinski definition) is 0. The topological polar surface area (TPSA) is 0 Å². The quantitative estimate of drug-likeness (QED) is 0.671. The molecular formula is C8H6I2. The highest BCUT2D eigenvalue weighted by molar-refractivity contribution is 14.1. The molecule has 10 heavy (non-hydrogen) atoms. The third-order valence-corrected chi connectivity index (χ3v) is 3.89. The van der Waals surface area contributed by atoms with Gasteiger partial charge >= 0.3 is 0 Å². The van der Waals surface area contributed by atoms with Crippen LogP contribution in [0.5, 0.6) is 0 Å². The lowest BCUT2D eigenvalue weighted by molar-refractivity contribution is 1.66. The van der Waals surface area contributed by atoms with E-state index in [-0.39, 0.29) is 0 Å². The summed E-state index contributed by atoms with van der Waals surface area (Å²) in [5.74, 6) is 0. The van der Waals surface area contributed by atoms with Gasteiger partial charge in [0, 0.05) is 3.58 Å². The van der Waals surface area contributed by atoms with Crippen molar-refractivity contribution in [3.63, 3.8) is 0 Å². The Bertz CT molecular complexity index is 226. The van der Waals surface area contributed by atoms with E-state index < -0.39 is 0 Å². The molecule has 0 spiro atoms. The Balaban J connectivity index is 2.96. The lowest BCUT2D eigenvalue weighted by atomic mass is 10.2. The van der Waals surface area contributed by atoms with Crippen LogP contribution in [-0.2, 0) is 0 Å². The molecule has 0 unspecified atom stereocenters. The molecule has 0 amide bonds. The molecule has 0 radical (unpaired) electrons. The average molecular weight is 356 g/mol. The van der Waals surface area contributed by atoms with Gasteiger partial charge in [0.25, 0.3) is 0 Å². The zero-order chi connectivity index (χ0) is 7.40. The van der Waals surface area contributed by atoms with E-state index in [1.165, 1.54) is 9.14 Å². The summed E-state index contributed by atoms with van der Waals surface area (Å²) < 4.78 is 3.37. The van der Waals surface area contributed by atoms with Gasteiger partial charge in [0.2, 0.25) is 0 Å². The van der Waals surface area contributed by atoms with E-state index in [1.807, 2.05) is 18.2 Å². The van der Waals surface area contributed by atoms with Gasteiger partial charge in [0.1, 0.15) is 0 Å². The van der Waals surface area contributed by atoms with Crippen LogP contribution in [-0.4, -0.2) is 0 Å². The Kier molecular flexibility index (Phi) is 3.69. The molecule has 0 saturated heterocycles. The molecule has 0 fully saturated rings. The summed E-state index contributed by atoms with van der Waals surface area (Å²) in [5, 5.41) is 0. The molecule has 1 aromatic rings. The van der Waals surface area contributed by atoms with E-state index in [2.05, 4.69) is 61.4 Å². The predicted molar refractivity (Wildman–Crippen MR) is 62.5 cm³/mol. The zero-order valence-corrected chi connectivity index (χ0v) is 9.54. The largest absolute Gasteiger partial charge is 0.0622 e. The highest BCUT2D eigenvalue weighted by Gasteiger charge is 1.91. The summed E-state index contributed by atoms with van der Waals surface area (Å²) in [4.78, 5) is 0. The number of benzene rings is 1. The van der Waals surface area contributed by atoms with Gasteiger partial charge in [-0.1, -0.05) is 52.9 Å². The van der Waals surface area contributed by atoms with Crippen LogP contribution in [0.1, 0.15) is 5.56 Å². The van der Waals surface area contributed by atoms with Crippen LogP contribution in [0.3, 0.4) is 0 Å². The lowest BCUT2D eigenvalue weighted by Crippen LogP contribution is -1.70. The number of rotatable bonds is 1. The highest BCUT2D eigenvalue weighted by Crippen LogP contribution is 2.22. The van der Waals surface area contributed by atoms with Gasteiger partial charge in [0.15, 0.2) is 0 Å². The fourth-order valence-corrected chi connectivity index (χ4v) is 1.38. The zero-order valence-electron chi connectivity index (χ0n) is 5.22. The molecule has 0 atom stereocenters. The summed E-state index contributed by atoms with van der Waals surface area (Å²) in [6.45, 7) is 0. The van der Waals surface area contributed by atoms with Gasteiger partial charge in [-0.15, -0.1) is 0 Å². The van der Waals surface area contributed by atoms with Crippen LogP contribution >= 0.6 is 45.2 Å². The molecule has 1 rings (SSSR count). The maximum Gasteiger partial charge on any atom is 0.0263 e. The molecule has 0 aliphatic carbocycles. The normalized spacial score (nSPS) is 11.6. The molecule has 0 N–H and O–H groups in total. The van der Waals surface area contributed by atoms with Crippen LogP contribution < -0.4 is 0 Å². The first-order valence-corrected chi connectivity index (χ1v) is 5.18. The van der Waals surface area contributed by atoms with Crippen LogP contribution in [0, 0.1) is 0 Å². The van der Waals surface area contributed by atoms with Crippen molar-refractivity contribution in [2.75, 3.05) is 0 Å². The second-order valence-corrected chi connectivity index (χ2v) is 3.61. The molecule has 1 aromatic carbocycles. The third kappa shape index (κ3) is 2.23. The smallest absolute Gasteiger partial charge is 0.0263 e. The predicted octanol–water partition coefficient (Wildman–Crippen LogP) is 3.86. The molecule has 0 nitrogen and oxygen atoms in total. The number of hydrogen-bond acceptors (Lipinski definition) is 0. The van der Waals surface area contributed by atoms with Gasteiger partial charge in [-0.3, -0.25) is 0 Å². The Morgan fingerprint density at radius 1 is 1.20 bits per heavy atom. The minimum Gasteiger partial charge on any atom is -0.0622 e. The highest BCUT2D eigenvalue weighted by atomic mass is 127. The maximum atomic E-state index is 2.32. The minimum absolute atomic E-state index is 1.29. The van der Waals surface area contributed by atoms with Crippen LogP contribution in [0.25, 0.3) is 3.58 Å². The summed E-state index contributed by atoms with van der Waals surface area (Å²) in [6, 6.07) is 10.3. The molecule has 0 aliphatic heterocycles. The summed E-state index contributed by atoms with van der Waals surface area (Å²) in [7, 11) is 0. The van der Waals surface area contributed by atoms with E-state index in [1.54, 1.807) is 0 Å². The van der Waals surface area contributed by atoms with Gasteiger partial charge < -0.3 is 0 Å². The molecule has 52 valence electrons. The Hall–Kier alpha value is 0.420. The Labute approximate surface area is 88.0 Å². The van der Waals surface area contributed by atoms with Crippen molar-refractivity contribution in [1.82, 2.24) is 0 Å². The van der Waals surface area contributed by atoms with Crippen molar-refractivity contribution in [3.8, 4) is 0 Å². The minimum atomic E-state index is 1.29. The van der Waals surface area contributed by atoms with Crippen LogP contribution in [0.2, 0.25) is 0 Å². The fourth-order valence-electron chi connectivity index (χ4n) is 0.660. The van der Waals surface area contributed by atoms with Crippen molar-refractivity contribution in [2.24, 2.45) is 0 Å². The van der Waals surface area contributed by atoms with E-state index in [0.717, 1.165) is 0 Å². The Morgan fingerprint density at radius 3 is 2.30 bits per heavy atom. The fraction of sp³-hybridized carbons (Fsp3) is 0. The summed E-state index contributed by atoms with van der Waals surface area (Å²) in [6.07, 6.45) is 0. The maximum absolute atomic E-state index is 2.32. The van der Waals surface area contributed by atoms with Crippen molar-refractivity contribution >= 4 is 48.8 Å². The first kappa shape index (κ1) is 8.52. The van der Waals surface area contributed by atoms with Crippen LogP contribution in [0.4, 0.5) is 0 Å². The average Bonchev–Trinajstić information content (AvgIpc) is 2.05. The second kappa shape index (κ2) is 4.33. The standard InChI is InChI=1S/C8H6I2/c9-6-8(10)7-4-2-1-3-5-7/h1-6H/b8-6+. The monoisotopic (exact) mass is 356 g/mol. The molecule has 0 heterocycles. The van der Waals surface area contributed by atoms with Gasteiger partial charge in [-0.2, -0.15) is 0 Å². The van der Waals surface area contributed by atoms with Crippen molar-refractivity contribution in [1.29, 1.82) is 0 Å². The van der Waals surface area contributed by atoms with Crippen molar-refractivity contribution in [3.05, 3.63) is 40.0 Å². The first-order chi connectivity index (χ1) is 4.84. The lowest BCUT2D eigenvalue weighted by Gasteiger charge is -1.94. The van der Waals surface area contributed by atoms with E-state index in [0.29, 0.717) is 0 Å². The van der Waals surface area contributed by atoms with E-state index >= 15 is 0 Å². The van der Waals surface area contributed by atoms with Crippen molar-refractivity contribution in [2.45, 2.75) is 0 Å². The summed E-state index contributed by atoms with van der Waals surface area (Å²) in [5.41, 5.74) is 1.29. The molecule has 2 heteroatoms. The Morgan fingerprint density at radius 2 is 1.80 bits per heavy atom. The molecule has 0 saturated carbocycles. The van der Waals surface area contributed by atoms with E-state index in [4.69, 9.17) is 0 Å². The molecular weight excluding hydrogens is 350 g/mol. The van der Waals surface area contributed by atoms with Crippen molar-refractivity contribution < 1.29 is 0 Å². The summed E-state index contributed by atoms with van der Waals surface area (Å²) >= 11 is 4.57. The SMILES string of the molecule is I/C=C(/I)c1ccccc1. The molecule has 0 aliphatic rings. The van der Waals surface area contributed by atoms with Crippen LogP contribution in [0.15, 0.2) is 34.4 Å². The second-order valence-electron chi connectivity index (χ2n) is 1.82. The first-order valence-electron chi connectivity index (χ1n) is 2.86. The third-order valence-electron chi connectivity index (χ3n) is 1.15. The van der Waals surface area contributed by atoms with Gasteiger partial charge in [0.05, 0.1) is 0 Å². The number of halogens is 2. The molecule has 0 bridgehead atoms. The van der Waals surface area contributed by atoms with Gasteiger partial charge in [-0.25, -0.2) is 0 Å². The van der Waals surface area contributed by atoms with Gasteiger partial charge in [-0.05, 0) is 32.2 Å². The molecule has 0 aromatic heterocycles.